The van der Waals surface area contributed by atoms with Gasteiger partial charge in [0.2, 0.25) is 0 Å². The van der Waals surface area contributed by atoms with Crippen LogP contribution in [0.25, 0.3) is 11.8 Å². The van der Waals surface area contributed by atoms with Crippen LogP contribution in [0.1, 0.15) is 33.2 Å². The molecule has 1 N–H and O–H groups in total. The monoisotopic (exact) mass is 420 g/mol. The molecule has 2 aliphatic heterocycles. The predicted octanol–water partition coefficient (Wildman–Crippen LogP) is 5.35. The van der Waals surface area contributed by atoms with Crippen LogP contribution in [0.15, 0.2) is 71.2 Å². The molecule has 27 heavy (non-hydrogen) atoms. The summed E-state index contributed by atoms with van der Waals surface area (Å²) in [7, 11) is 0. The van der Waals surface area contributed by atoms with Crippen LogP contribution < -0.4 is 10.2 Å². The van der Waals surface area contributed by atoms with Crippen molar-refractivity contribution in [2.24, 2.45) is 0 Å². The van der Waals surface area contributed by atoms with Crippen LogP contribution in [0.4, 0.5) is 10.1 Å². The van der Waals surface area contributed by atoms with E-state index >= 15 is 0 Å². The summed E-state index contributed by atoms with van der Waals surface area (Å²) in [5.41, 5.74) is 5.03. The van der Waals surface area contributed by atoms with Gasteiger partial charge in [-0.05, 0) is 47.5 Å². The van der Waals surface area contributed by atoms with E-state index < -0.39 is 6.17 Å². The highest BCUT2D eigenvalue weighted by Crippen LogP contribution is 2.44. The summed E-state index contributed by atoms with van der Waals surface area (Å²) < 4.78 is 14.8. The lowest BCUT2D eigenvalue weighted by Gasteiger charge is -2.43. The lowest BCUT2D eigenvalue weighted by Crippen LogP contribution is -2.47. The van der Waals surface area contributed by atoms with Crippen molar-refractivity contribution < 1.29 is 9.18 Å². The molecule has 132 valence electrons. The largest absolute Gasteiger partial charge is 0.327 e. The summed E-state index contributed by atoms with van der Waals surface area (Å²) in [6, 6.07) is 20.4. The molecule has 5 rings (SSSR count). The zero-order chi connectivity index (χ0) is 18.5. The van der Waals surface area contributed by atoms with Crippen molar-refractivity contribution >= 4 is 39.3 Å². The van der Waals surface area contributed by atoms with Crippen LogP contribution in [0, 0.1) is 5.82 Å². The standard InChI is InChI=1S/C22H14BrFN2O/c23-15-7-9-19-18(11-15)22(27)25-21-17-12-16(24)8-6-14(17)10-20(26(19)21)13-4-2-1-3-5-13/h1-12,21H,(H,25,27)/t21-/m0/s1. The zero-order valence-corrected chi connectivity index (χ0v) is 15.7. The van der Waals surface area contributed by atoms with Crippen LogP contribution in [0.3, 0.4) is 0 Å². The minimum atomic E-state index is -0.461. The van der Waals surface area contributed by atoms with E-state index in [9.17, 15) is 9.18 Å². The number of benzene rings is 3. The Hall–Kier alpha value is -2.92. The average molecular weight is 421 g/mol. The van der Waals surface area contributed by atoms with E-state index in [0.29, 0.717) is 5.56 Å². The molecule has 0 bridgehead atoms. The normalized spacial score (nSPS) is 17.4. The molecule has 2 heterocycles. The van der Waals surface area contributed by atoms with E-state index in [0.717, 1.165) is 32.5 Å². The Morgan fingerprint density at radius 2 is 1.81 bits per heavy atom. The zero-order valence-electron chi connectivity index (χ0n) is 14.1. The van der Waals surface area contributed by atoms with Gasteiger partial charge in [0, 0.05) is 10.0 Å². The van der Waals surface area contributed by atoms with E-state index in [1.165, 1.54) is 12.1 Å². The number of rotatable bonds is 1. The van der Waals surface area contributed by atoms with Gasteiger partial charge in [-0.25, -0.2) is 4.39 Å². The smallest absolute Gasteiger partial charge is 0.255 e. The molecule has 0 unspecified atom stereocenters. The quantitative estimate of drug-likeness (QED) is 0.575. The van der Waals surface area contributed by atoms with E-state index in [-0.39, 0.29) is 11.7 Å². The molecule has 3 aromatic carbocycles. The fourth-order valence-electron chi connectivity index (χ4n) is 3.75. The molecule has 3 nitrogen and oxygen atoms in total. The van der Waals surface area contributed by atoms with Gasteiger partial charge in [0.15, 0.2) is 0 Å². The number of nitrogens with zero attached hydrogens (tertiary/aromatic N) is 1. The van der Waals surface area contributed by atoms with Gasteiger partial charge in [0.1, 0.15) is 12.0 Å². The summed E-state index contributed by atoms with van der Waals surface area (Å²) in [6.07, 6.45) is 1.58. The van der Waals surface area contributed by atoms with Crippen LogP contribution in [0.5, 0.6) is 0 Å². The summed E-state index contributed by atoms with van der Waals surface area (Å²) in [6.45, 7) is 0. The molecule has 1 atom stereocenters. The van der Waals surface area contributed by atoms with Crippen molar-refractivity contribution in [1.29, 1.82) is 0 Å². The maximum Gasteiger partial charge on any atom is 0.255 e. The molecular formula is C22H14BrFN2O. The Bertz CT molecular complexity index is 1110. The lowest BCUT2D eigenvalue weighted by atomic mass is 9.92. The predicted molar refractivity (Wildman–Crippen MR) is 108 cm³/mol. The van der Waals surface area contributed by atoms with Crippen LogP contribution >= 0.6 is 15.9 Å². The van der Waals surface area contributed by atoms with E-state index in [2.05, 4.69) is 26.1 Å². The van der Waals surface area contributed by atoms with Gasteiger partial charge in [-0.15, -0.1) is 0 Å². The van der Waals surface area contributed by atoms with Gasteiger partial charge >= 0.3 is 0 Å². The molecule has 0 saturated carbocycles. The molecule has 2 aliphatic rings. The maximum absolute atomic E-state index is 14.0. The van der Waals surface area contributed by atoms with Gasteiger partial charge in [-0.3, -0.25) is 4.79 Å². The van der Waals surface area contributed by atoms with Crippen LogP contribution in [-0.2, 0) is 0 Å². The van der Waals surface area contributed by atoms with E-state index in [4.69, 9.17) is 0 Å². The number of hydrogen-bond donors (Lipinski definition) is 1. The second kappa shape index (κ2) is 6.06. The Morgan fingerprint density at radius 1 is 1.00 bits per heavy atom. The first-order valence-electron chi connectivity index (χ1n) is 8.58. The van der Waals surface area contributed by atoms with Gasteiger partial charge < -0.3 is 10.2 Å². The van der Waals surface area contributed by atoms with Crippen molar-refractivity contribution in [3.8, 4) is 0 Å². The molecule has 3 aromatic rings. The van der Waals surface area contributed by atoms with E-state index in [1.807, 2.05) is 54.6 Å². The van der Waals surface area contributed by atoms with Gasteiger partial charge in [-0.2, -0.15) is 0 Å². The third kappa shape index (κ3) is 2.58. The highest BCUT2D eigenvalue weighted by molar-refractivity contribution is 9.10. The van der Waals surface area contributed by atoms with Gasteiger partial charge in [0.25, 0.3) is 5.91 Å². The number of carbonyl (C=O) groups is 1. The summed E-state index contributed by atoms with van der Waals surface area (Å²) in [5.74, 6) is -0.488. The Labute approximate surface area is 164 Å². The summed E-state index contributed by atoms with van der Waals surface area (Å²) in [5, 5.41) is 3.04. The molecule has 5 heteroatoms. The van der Waals surface area contributed by atoms with Crippen LogP contribution in [-0.4, -0.2) is 5.91 Å². The molecule has 0 fully saturated rings. The van der Waals surface area contributed by atoms with Crippen molar-refractivity contribution in [1.82, 2.24) is 5.32 Å². The fourth-order valence-corrected chi connectivity index (χ4v) is 4.11. The lowest BCUT2D eigenvalue weighted by molar-refractivity contribution is 0.0929. The Balaban J connectivity index is 1.80. The van der Waals surface area contributed by atoms with Crippen molar-refractivity contribution in [3.63, 3.8) is 0 Å². The number of nitrogens with one attached hydrogen (secondary N) is 1. The first kappa shape index (κ1) is 16.3. The molecule has 0 aliphatic carbocycles. The Morgan fingerprint density at radius 3 is 2.63 bits per heavy atom. The highest BCUT2D eigenvalue weighted by atomic mass is 79.9. The average Bonchev–Trinajstić information content (AvgIpc) is 2.68. The number of hydrogen-bond acceptors (Lipinski definition) is 2. The van der Waals surface area contributed by atoms with Crippen molar-refractivity contribution in [3.05, 3.63) is 99.3 Å². The molecule has 0 radical (unpaired) electrons. The Kier molecular flexibility index (Phi) is 3.65. The summed E-state index contributed by atoms with van der Waals surface area (Å²) >= 11 is 3.44. The number of anilines is 1. The minimum absolute atomic E-state index is 0.169. The molecule has 1 amide bonds. The molecular weight excluding hydrogens is 407 g/mol. The first-order chi connectivity index (χ1) is 13.1. The minimum Gasteiger partial charge on any atom is -0.327 e. The van der Waals surface area contributed by atoms with Gasteiger partial charge in [0.05, 0.1) is 16.9 Å². The van der Waals surface area contributed by atoms with Gasteiger partial charge in [-0.1, -0.05) is 52.3 Å². The second-order valence-corrected chi connectivity index (χ2v) is 7.49. The second-order valence-electron chi connectivity index (χ2n) is 6.58. The summed E-state index contributed by atoms with van der Waals surface area (Å²) in [4.78, 5) is 14.8. The third-order valence-electron chi connectivity index (χ3n) is 4.95. The molecule has 0 aromatic heterocycles. The number of fused-ring (bicyclic) bond motifs is 5. The topological polar surface area (TPSA) is 32.3 Å². The SMILES string of the molecule is O=C1N[C@@H]2c3cc(F)ccc3C=C(c3ccccc3)N2c2ccc(Br)cc21. The maximum atomic E-state index is 14.0. The fraction of sp³-hybridized carbons (Fsp3) is 0.0455. The molecule has 0 saturated heterocycles. The third-order valence-corrected chi connectivity index (χ3v) is 5.45. The van der Waals surface area contributed by atoms with E-state index in [1.54, 1.807) is 6.07 Å². The first-order valence-corrected chi connectivity index (χ1v) is 9.37. The van der Waals surface area contributed by atoms with Crippen molar-refractivity contribution in [2.75, 3.05) is 4.90 Å². The number of carbonyl (C=O) groups excluding carboxylic acids is 1. The van der Waals surface area contributed by atoms with Crippen LogP contribution in [0.2, 0.25) is 0 Å². The number of amides is 1. The highest BCUT2D eigenvalue weighted by Gasteiger charge is 2.37. The van der Waals surface area contributed by atoms with Crippen molar-refractivity contribution in [2.45, 2.75) is 6.17 Å². The number of halogens is 2. The molecule has 0 spiro atoms.